The highest BCUT2D eigenvalue weighted by atomic mass is 32.2. The molecule has 2 rings (SSSR count). The molecule has 1 aliphatic rings. The fourth-order valence-electron chi connectivity index (χ4n) is 2.28. The highest BCUT2D eigenvalue weighted by Gasteiger charge is 2.12. The summed E-state index contributed by atoms with van der Waals surface area (Å²) in [4.78, 5) is 2.14. The van der Waals surface area contributed by atoms with E-state index in [9.17, 15) is 12.8 Å². The fourth-order valence-corrected chi connectivity index (χ4v) is 2.80. The lowest BCUT2D eigenvalue weighted by atomic mass is 10.3. The van der Waals surface area contributed by atoms with Crippen LogP contribution in [-0.4, -0.2) is 52.6 Å². The molecular formula is C13H21FN4O2S. The number of primary sulfonamides is 1. The number of nitrogens with two attached hydrogens (primary N) is 1. The van der Waals surface area contributed by atoms with Crippen molar-refractivity contribution in [1.82, 2.24) is 10.2 Å². The first kappa shape index (κ1) is 16.2. The molecule has 118 valence electrons. The molecule has 1 fully saturated rings. The van der Waals surface area contributed by atoms with Crippen LogP contribution in [0.25, 0.3) is 0 Å². The second kappa shape index (κ2) is 7.17. The first-order valence-corrected chi connectivity index (χ1v) is 8.51. The van der Waals surface area contributed by atoms with E-state index in [1.54, 1.807) is 0 Å². The van der Waals surface area contributed by atoms with E-state index in [1.165, 1.54) is 12.1 Å². The molecule has 1 heterocycles. The van der Waals surface area contributed by atoms with Crippen molar-refractivity contribution in [3.05, 3.63) is 24.0 Å². The minimum atomic E-state index is -3.86. The number of hydrogen-bond donors (Lipinski definition) is 3. The average Bonchev–Trinajstić information content (AvgIpc) is 2.45. The van der Waals surface area contributed by atoms with Crippen molar-refractivity contribution in [2.75, 3.05) is 44.6 Å². The van der Waals surface area contributed by atoms with Gasteiger partial charge in [0.15, 0.2) is 0 Å². The van der Waals surface area contributed by atoms with Crippen molar-refractivity contribution in [3.8, 4) is 0 Å². The summed E-state index contributed by atoms with van der Waals surface area (Å²) in [5.41, 5.74) is 0.294. The second-order valence-electron chi connectivity index (χ2n) is 5.06. The quantitative estimate of drug-likeness (QED) is 0.652. The Morgan fingerprint density at radius 3 is 2.67 bits per heavy atom. The Bertz CT molecular complexity index is 574. The van der Waals surface area contributed by atoms with Crippen LogP contribution in [-0.2, 0) is 10.0 Å². The third kappa shape index (κ3) is 4.92. The van der Waals surface area contributed by atoms with Crippen LogP contribution in [0.5, 0.6) is 0 Å². The maximum atomic E-state index is 13.8. The lowest BCUT2D eigenvalue weighted by Gasteiger charge is -2.27. The Kier molecular flexibility index (Phi) is 5.51. The van der Waals surface area contributed by atoms with Gasteiger partial charge in [-0.05, 0) is 31.2 Å². The molecule has 0 bridgehead atoms. The van der Waals surface area contributed by atoms with Crippen LogP contribution in [0, 0.1) is 5.82 Å². The highest BCUT2D eigenvalue weighted by molar-refractivity contribution is 7.89. The molecule has 1 aliphatic heterocycles. The fraction of sp³-hybridized carbons (Fsp3) is 0.538. The third-order valence-electron chi connectivity index (χ3n) is 3.45. The van der Waals surface area contributed by atoms with Crippen LogP contribution >= 0.6 is 0 Å². The third-order valence-corrected chi connectivity index (χ3v) is 4.36. The molecule has 0 atom stereocenters. The first-order chi connectivity index (χ1) is 9.97. The van der Waals surface area contributed by atoms with E-state index in [-0.39, 0.29) is 4.90 Å². The lowest BCUT2D eigenvalue weighted by Crippen LogP contribution is -2.44. The normalized spacial score (nSPS) is 16.9. The SMILES string of the molecule is NS(=O)(=O)c1ccc(NCCCN2CCNCC2)c(F)c1. The van der Waals surface area contributed by atoms with Gasteiger partial charge >= 0.3 is 0 Å². The van der Waals surface area contributed by atoms with Gasteiger partial charge < -0.3 is 15.5 Å². The molecule has 4 N–H and O–H groups in total. The van der Waals surface area contributed by atoms with Crippen LogP contribution in [0.3, 0.4) is 0 Å². The molecule has 0 unspecified atom stereocenters. The van der Waals surface area contributed by atoms with Crippen molar-refractivity contribution in [2.45, 2.75) is 11.3 Å². The van der Waals surface area contributed by atoms with Gasteiger partial charge in [0.25, 0.3) is 0 Å². The summed E-state index contributed by atoms with van der Waals surface area (Å²) in [5, 5.41) is 11.2. The van der Waals surface area contributed by atoms with E-state index in [0.29, 0.717) is 12.2 Å². The van der Waals surface area contributed by atoms with Crippen LogP contribution in [0.1, 0.15) is 6.42 Å². The maximum Gasteiger partial charge on any atom is 0.238 e. The molecule has 0 amide bonds. The summed E-state index contributed by atoms with van der Waals surface area (Å²) in [5.74, 6) is -0.608. The number of piperazine rings is 1. The number of sulfonamides is 1. The lowest BCUT2D eigenvalue weighted by molar-refractivity contribution is 0.240. The molecule has 1 saturated heterocycles. The van der Waals surface area contributed by atoms with Crippen molar-refractivity contribution < 1.29 is 12.8 Å². The Balaban J connectivity index is 1.80. The first-order valence-electron chi connectivity index (χ1n) is 6.96. The number of rotatable bonds is 6. The zero-order chi connectivity index (χ0) is 15.3. The summed E-state index contributed by atoms with van der Waals surface area (Å²) < 4.78 is 36.0. The Morgan fingerprint density at radius 2 is 2.05 bits per heavy atom. The van der Waals surface area contributed by atoms with Gasteiger partial charge in [-0.15, -0.1) is 0 Å². The van der Waals surface area contributed by atoms with Gasteiger partial charge in [0, 0.05) is 32.7 Å². The molecule has 0 aromatic heterocycles. The molecule has 8 heteroatoms. The Labute approximate surface area is 124 Å². The summed E-state index contributed by atoms with van der Waals surface area (Å²) >= 11 is 0. The molecular weight excluding hydrogens is 295 g/mol. The summed E-state index contributed by atoms with van der Waals surface area (Å²) in [7, 11) is -3.86. The van der Waals surface area contributed by atoms with Crippen molar-refractivity contribution >= 4 is 15.7 Å². The predicted octanol–water partition coefficient (Wildman–Crippen LogP) is 0.180. The number of anilines is 1. The zero-order valence-electron chi connectivity index (χ0n) is 11.8. The molecule has 0 saturated carbocycles. The van der Waals surface area contributed by atoms with Gasteiger partial charge in [0.05, 0.1) is 10.6 Å². The van der Waals surface area contributed by atoms with E-state index in [0.717, 1.165) is 45.2 Å². The molecule has 1 aromatic rings. The van der Waals surface area contributed by atoms with Crippen LogP contribution in [0.4, 0.5) is 10.1 Å². The predicted molar refractivity (Wildman–Crippen MR) is 80.2 cm³/mol. The Morgan fingerprint density at radius 1 is 1.33 bits per heavy atom. The van der Waals surface area contributed by atoms with Gasteiger partial charge in [-0.1, -0.05) is 0 Å². The van der Waals surface area contributed by atoms with Crippen molar-refractivity contribution in [2.24, 2.45) is 5.14 Å². The smallest absolute Gasteiger partial charge is 0.238 e. The second-order valence-corrected chi connectivity index (χ2v) is 6.62. The zero-order valence-corrected chi connectivity index (χ0v) is 12.6. The minimum absolute atomic E-state index is 0.216. The molecule has 1 aromatic carbocycles. The summed E-state index contributed by atoms with van der Waals surface area (Å²) in [6.45, 7) is 5.70. The Hall–Kier alpha value is -1.22. The summed E-state index contributed by atoms with van der Waals surface area (Å²) in [6, 6.07) is 3.64. The van der Waals surface area contributed by atoms with Crippen LogP contribution < -0.4 is 15.8 Å². The van der Waals surface area contributed by atoms with E-state index < -0.39 is 15.8 Å². The number of hydrogen-bond acceptors (Lipinski definition) is 5. The van der Waals surface area contributed by atoms with Gasteiger partial charge in [0.1, 0.15) is 5.82 Å². The number of nitrogens with zero attached hydrogens (tertiary/aromatic N) is 1. The summed E-state index contributed by atoms with van der Waals surface area (Å²) in [6.07, 6.45) is 0.899. The number of halogens is 1. The van der Waals surface area contributed by atoms with Gasteiger partial charge in [0.2, 0.25) is 10.0 Å². The standard InChI is InChI=1S/C13H21FN4O2S/c14-12-10-11(21(15,19)20)2-3-13(12)17-4-1-7-18-8-5-16-6-9-18/h2-3,10,16-17H,1,4-9H2,(H2,15,19,20). The van der Waals surface area contributed by atoms with E-state index >= 15 is 0 Å². The number of nitrogens with one attached hydrogen (secondary N) is 2. The highest BCUT2D eigenvalue weighted by Crippen LogP contribution is 2.18. The topological polar surface area (TPSA) is 87.5 Å². The minimum Gasteiger partial charge on any atom is -0.383 e. The van der Waals surface area contributed by atoms with E-state index in [1.807, 2.05) is 0 Å². The van der Waals surface area contributed by atoms with Crippen molar-refractivity contribution in [3.63, 3.8) is 0 Å². The van der Waals surface area contributed by atoms with Gasteiger partial charge in [-0.2, -0.15) is 0 Å². The van der Waals surface area contributed by atoms with Crippen LogP contribution in [0.15, 0.2) is 23.1 Å². The van der Waals surface area contributed by atoms with E-state index in [2.05, 4.69) is 15.5 Å². The largest absolute Gasteiger partial charge is 0.383 e. The van der Waals surface area contributed by atoms with Crippen LogP contribution in [0.2, 0.25) is 0 Å². The average molecular weight is 316 g/mol. The molecule has 6 nitrogen and oxygen atoms in total. The number of benzene rings is 1. The van der Waals surface area contributed by atoms with E-state index in [4.69, 9.17) is 5.14 Å². The van der Waals surface area contributed by atoms with Gasteiger partial charge in [-0.25, -0.2) is 17.9 Å². The maximum absolute atomic E-state index is 13.8. The molecule has 0 radical (unpaired) electrons. The monoisotopic (exact) mass is 316 g/mol. The molecule has 0 spiro atoms. The van der Waals surface area contributed by atoms with Gasteiger partial charge in [-0.3, -0.25) is 0 Å². The van der Waals surface area contributed by atoms with Crippen molar-refractivity contribution in [1.29, 1.82) is 0 Å². The molecule has 0 aliphatic carbocycles. The molecule has 21 heavy (non-hydrogen) atoms.